The van der Waals surface area contributed by atoms with Crippen LogP contribution < -0.4 is 5.32 Å². The molecule has 4 rings (SSSR count). The summed E-state index contributed by atoms with van der Waals surface area (Å²) in [5.74, 6) is 0.477. The molecular weight excluding hydrogens is 380 g/mol. The van der Waals surface area contributed by atoms with Crippen molar-refractivity contribution >= 4 is 6.09 Å². The summed E-state index contributed by atoms with van der Waals surface area (Å²) in [7, 11) is 0. The van der Waals surface area contributed by atoms with E-state index in [2.05, 4.69) is 34.6 Å². The topological polar surface area (TPSA) is 84.6 Å². The van der Waals surface area contributed by atoms with Crippen molar-refractivity contribution < 1.29 is 19.1 Å². The monoisotopic (exact) mass is 406 g/mol. The van der Waals surface area contributed by atoms with E-state index in [9.17, 15) is 9.90 Å². The lowest BCUT2D eigenvalue weighted by Gasteiger charge is -2.22. The van der Waals surface area contributed by atoms with Crippen molar-refractivity contribution in [2.24, 2.45) is 5.92 Å². The molecule has 0 aliphatic heterocycles. The van der Waals surface area contributed by atoms with Gasteiger partial charge in [0.1, 0.15) is 24.6 Å². The van der Waals surface area contributed by atoms with Crippen molar-refractivity contribution in [3.8, 4) is 11.1 Å². The van der Waals surface area contributed by atoms with Gasteiger partial charge < -0.3 is 19.6 Å². The third-order valence-electron chi connectivity index (χ3n) is 5.83. The Bertz CT molecular complexity index is 984. The molecule has 1 amide bonds. The van der Waals surface area contributed by atoms with E-state index in [4.69, 9.17) is 9.15 Å². The van der Waals surface area contributed by atoms with E-state index in [1.165, 1.54) is 28.5 Å². The molecule has 30 heavy (non-hydrogen) atoms. The van der Waals surface area contributed by atoms with Crippen LogP contribution in [0.1, 0.15) is 54.9 Å². The molecule has 2 aromatic carbocycles. The number of nitrogens with zero attached hydrogens (tertiary/aromatic N) is 1. The van der Waals surface area contributed by atoms with Gasteiger partial charge in [0.05, 0.1) is 6.61 Å². The van der Waals surface area contributed by atoms with E-state index in [0.29, 0.717) is 11.6 Å². The second-order valence-electron chi connectivity index (χ2n) is 7.67. The first-order chi connectivity index (χ1) is 14.6. The van der Waals surface area contributed by atoms with Crippen molar-refractivity contribution in [2.75, 3.05) is 6.61 Å². The molecule has 1 unspecified atom stereocenters. The lowest BCUT2D eigenvalue weighted by Crippen LogP contribution is -2.34. The van der Waals surface area contributed by atoms with Crippen molar-refractivity contribution in [1.29, 1.82) is 0 Å². The molecule has 1 heterocycles. The highest BCUT2D eigenvalue weighted by atomic mass is 16.5. The van der Waals surface area contributed by atoms with Crippen LogP contribution in [0.4, 0.5) is 4.79 Å². The second-order valence-corrected chi connectivity index (χ2v) is 7.67. The average Bonchev–Trinajstić information content (AvgIpc) is 3.38. The van der Waals surface area contributed by atoms with Gasteiger partial charge in [-0.3, -0.25) is 0 Å². The Morgan fingerprint density at radius 1 is 1.17 bits per heavy atom. The van der Waals surface area contributed by atoms with Gasteiger partial charge in [0.25, 0.3) is 0 Å². The highest BCUT2D eigenvalue weighted by Crippen LogP contribution is 2.44. The Kier molecular flexibility index (Phi) is 5.86. The molecule has 6 nitrogen and oxygen atoms in total. The third-order valence-corrected chi connectivity index (χ3v) is 5.83. The fraction of sp³-hybridized carbons (Fsp3) is 0.333. The van der Waals surface area contributed by atoms with Gasteiger partial charge in [-0.15, -0.1) is 0 Å². The number of fused-ring (bicyclic) bond motifs is 3. The molecule has 6 heteroatoms. The molecule has 0 spiro atoms. The molecular formula is C24H26N2O4. The number of hydrogen-bond acceptors (Lipinski definition) is 5. The third kappa shape index (κ3) is 3.83. The Balaban J connectivity index is 1.47. The van der Waals surface area contributed by atoms with Crippen LogP contribution in [0.25, 0.3) is 11.1 Å². The molecule has 0 radical (unpaired) electrons. The van der Waals surface area contributed by atoms with Crippen LogP contribution in [0, 0.1) is 5.92 Å². The zero-order chi connectivity index (χ0) is 21.1. The van der Waals surface area contributed by atoms with E-state index < -0.39 is 12.1 Å². The van der Waals surface area contributed by atoms with E-state index in [0.717, 1.165) is 6.42 Å². The first kappa shape index (κ1) is 20.2. The van der Waals surface area contributed by atoms with Crippen molar-refractivity contribution in [3.05, 3.63) is 77.5 Å². The van der Waals surface area contributed by atoms with Gasteiger partial charge in [-0.05, 0) is 28.2 Å². The van der Waals surface area contributed by atoms with Gasteiger partial charge in [-0.1, -0.05) is 68.8 Å². The van der Waals surface area contributed by atoms with Crippen molar-refractivity contribution in [3.63, 3.8) is 0 Å². The Hall–Kier alpha value is -3.12. The molecule has 0 saturated carbocycles. The number of nitrogens with one attached hydrogen (secondary N) is 1. The highest BCUT2D eigenvalue weighted by Gasteiger charge is 2.30. The number of carbonyl (C=O) groups excluding carboxylic acids is 1. The SMILES string of the molecule is CC[C@@H](C)C(NC(=O)OCC1c2ccccc2-c2ccccc21)c1nc(CO)co1. The van der Waals surface area contributed by atoms with Crippen LogP contribution in [0.2, 0.25) is 0 Å². The van der Waals surface area contributed by atoms with Gasteiger partial charge in [-0.2, -0.15) is 0 Å². The first-order valence-electron chi connectivity index (χ1n) is 10.3. The summed E-state index contributed by atoms with van der Waals surface area (Å²) in [4.78, 5) is 16.9. The highest BCUT2D eigenvalue weighted by molar-refractivity contribution is 5.79. The van der Waals surface area contributed by atoms with Gasteiger partial charge >= 0.3 is 6.09 Å². The summed E-state index contributed by atoms with van der Waals surface area (Å²) in [5.41, 5.74) is 5.16. The molecule has 1 aliphatic rings. The van der Waals surface area contributed by atoms with Crippen LogP contribution in [-0.4, -0.2) is 22.8 Å². The fourth-order valence-electron chi connectivity index (χ4n) is 3.99. The lowest BCUT2D eigenvalue weighted by molar-refractivity contribution is 0.132. The van der Waals surface area contributed by atoms with E-state index in [-0.39, 0.29) is 25.0 Å². The molecule has 156 valence electrons. The number of oxazole rings is 1. The van der Waals surface area contributed by atoms with Crippen molar-refractivity contribution in [1.82, 2.24) is 10.3 Å². The Morgan fingerprint density at radius 2 is 1.80 bits per heavy atom. The van der Waals surface area contributed by atoms with E-state index in [1.807, 2.05) is 38.1 Å². The van der Waals surface area contributed by atoms with Gasteiger partial charge in [0.2, 0.25) is 5.89 Å². The minimum Gasteiger partial charge on any atom is -0.449 e. The maximum atomic E-state index is 12.7. The number of aliphatic hydroxyl groups is 1. The molecule has 2 N–H and O–H groups in total. The smallest absolute Gasteiger partial charge is 0.407 e. The number of ether oxygens (including phenoxy) is 1. The molecule has 3 aromatic rings. The van der Waals surface area contributed by atoms with Gasteiger partial charge in [-0.25, -0.2) is 9.78 Å². The molecule has 2 atom stereocenters. The molecule has 1 aromatic heterocycles. The average molecular weight is 406 g/mol. The summed E-state index contributed by atoms with van der Waals surface area (Å²) < 4.78 is 11.1. The molecule has 0 bridgehead atoms. The summed E-state index contributed by atoms with van der Waals surface area (Å²) in [6, 6.07) is 16.0. The number of amides is 1. The lowest BCUT2D eigenvalue weighted by atomic mass is 9.98. The zero-order valence-electron chi connectivity index (χ0n) is 17.2. The molecule has 1 aliphatic carbocycles. The first-order valence-corrected chi connectivity index (χ1v) is 10.3. The number of benzene rings is 2. The minimum absolute atomic E-state index is 0.00734. The van der Waals surface area contributed by atoms with Crippen LogP contribution in [0.5, 0.6) is 0 Å². The zero-order valence-corrected chi connectivity index (χ0v) is 17.2. The number of aromatic nitrogens is 1. The maximum Gasteiger partial charge on any atom is 0.407 e. The maximum absolute atomic E-state index is 12.7. The van der Waals surface area contributed by atoms with Gasteiger partial charge in [0, 0.05) is 5.92 Å². The summed E-state index contributed by atoms with van der Waals surface area (Å²) in [5, 5.41) is 12.1. The molecule has 0 fully saturated rings. The number of alkyl carbamates (subject to hydrolysis) is 1. The normalized spacial score (nSPS) is 14.6. The second kappa shape index (κ2) is 8.71. The predicted molar refractivity (Wildman–Crippen MR) is 113 cm³/mol. The number of rotatable bonds is 7. The fourth-order valence-corrected chi connectivity index (χ4v) is 3.99. The van der Waals surface area contributed by atoms with Gasteiger partial charge in [0.15, 0.2) is 0 Å². The minimum atomic E-state index is -0.508. The van der Waals surface area contributed by atoms with Crippen LogP contribution >= 0.6 is 0 Å². The van der Waals surface area contributed by atoms with E-state index in [1.54, 1.807) is 0 Å². The Morgan fingerprint density at radius 3 is 2.37 bits per heavy atom. The summed E-state index contributed by atoms with van der Waals surface area (Å²) in [6.07, 6.45) is 1.72. The Labute approximate surface area is 175 Å². The number of aliphatic hydroxyl groups excluding tert-OH is 1. The van der Waals surface area contributed by atoms with Crippen LogP contribution in [0.15, 0.2) is 59.2 Å². The summed E-state index contributed by atoms with van der Waals surface area (Å²) in [6.45, 7) is 4.09. The standard InChI is InChI=1S/C24H26N2O4/c1-3-15(2)22(23-25-16(12-27)13-29-23)26-24(28)30-14-21-19-10-6-4-8-17(19)18-9-5-7-11-20(18)21/h4-11,13,15,21-22,27H,3,12,14H2,1-2H3,(H,26,28)/t15-,22?/m1/s1. The molecule has 0 saturated heterocycles. The van der Waals surface area contributed by atoms with Crippen LogP contribution in [0.3, 0.4) is 0 Å². The number of hydrogen-bond donors (Lipinski definition) is 2. The quantitative estimate of drug-likeness (QED) is 0.589. The predicted octanol–water partition coefficient (Wildman–Crippen LogP) is 4.79. The van der Waals surface area contributed by atoms with Crippen molar-refractivity contribution in [2.45, 2.75) is 38.8 Å². The number of carbonyl (C=O) groups is 1. The van der Waals surface area contributed by atoms with E-state index >= 15 is 0 Å². The largest absolute Gasteiger partial charge is 0.449 e. The van der Waals surface area contributed by atoms with Crippen LogP contribution in [-0.2, 0) is 11.3 Å². The summed E-state index contributed by atoms with van der Waals surface area (Å²) >= 11 is 0.